The molecule has 0 aromatic heterocycles. The molecule has 1 aliphatic carbocycles. The van der Waals surface area contributed by atoms with Crippen LogP contribution in [0.15, 0.2) is 24.3 Å². The summed E-state index contributed by atoms with van der Waals surface area (Å²) in [5.41, 5.74) is 8.17. The molecule has 3 N–H and O–H groups in total. The van der Waals surface area contributed by atoms with Crippen LogP contribution in [-0.2, 0) is 4.79 Å². The summed E-state index contributed by atoms with van der Waals surface area (Å²) in [7, 11) is 0. The van der Waals surface area contributed by atoms with Crippen LogP contribution in [0.3, 0.4) is 0 Å². The Hall–Kier alpha value is -1.35. The molecule has 3 unspecified atom stereocenters. The van der Waals surface area contributed by atoms with Gasteiger partial charge in [-0.2, -0.15) is 0 Å². The summed E-state index contributed by atoms with van der Waals surface area (Å²) in [6.07, 6.45) is 0.950. The van der Waals surface area contributed by atoms with Gasteiger partial charge in [-0.25, -0.2) is 0 Å². The van der Waals surface area contributed by atoms with Crippen molar-refractivity contribution in [2.45, 2.75) is 58.4 Å². The first-order valence-electron chi connectivity index (χ1n) is 8.40. The van der Waals surface area contributed by atoms with Crippen LogP contribution >= 0.6 is 0 Å². The Morgan fingerprint density at radius 3 is 2.32 bits per heavy atom. The van der Waals surface area contributed by atoms with Crippen LogP contribution in [0.4, 0.5) is 0 Å². The van der Waals surface area contributed by atoms with Gasteiger partial charge in [0.1, 0.15) is 0 Å². The van der Waals surface area contributed by atoms with Gasteiger partial charge in [-0.1, -0.05) is 52.0 Å². The molecule has 1 saturated carbocycles. The fourth-order valence-corrected chi connectivity index (χ4v) is 2.79. The lowest BCUT2D eigenvalue weighted by Gasteiger charge is -2.33. The number of nitrogens with two attached hydrogens (primary N) is 1. The van der Waals surface area contributed by atoms with E-state index in [1.54, 1.807) is 0 Å². The van der Waals surface area contributed by atoms with Crippen molar-refractivity contribution in [1.29, 1.82) is 0 Å². The summed E-state index contributed by atoms with van der Waals surface area (Å²) in [4.78, 5) is 12.5. The molecule has 0 aliphatic heterocycles. The molecule has 1 aliphatic rings. The maximum atomic E-state index is 12.5. The van der Waals surface area contributed by atoms with E-state index in [0.717, 1.165) is 6.42 Å². The van der Waals surface area contributed by atoms with Crippen LogP contribution in [0.2, 0.25) is 0 Å². The van der Waals surface area contributed by atoms with Crippen molar-refractivity contribution in [3.63, 3.8) is 0 Å². The van der Waals surface area contributed by atoms with Crippen LogP contribution in [0.25, 0.3) is 0 Å². The zero-order valence-electron chi connectivity index (χ0n) is 14.5. The standard InChI is InChI=1S/C19H30N2O/c1-12(2)14-6-8-15(9-7-14)16-10-17(16)18(22)21-19(5,11-20)13(3)4/h6-9,12-13,16-17H,10-11,20H2,1-5H3,(H,21,22). The molecule has 3 atom stereocenters. The van der Waals surface area contributed by atoms with Gasteiger partial charge < -0.3 is 11.1 Å². The molecule has 0 saturated heterocycles. The van der Waals surface area contributed by atoms with Gasteiger partial charge in [0.2, 0.25) is 5.91 Å². The highest BCUT2D eigenvalue weighted by atomic mass is 16.2. The summed E-state index contributed by atoms with van der Waals surface area (Å²) in [6, 6.07) is 8.73. The van der Waals surface area contributed by atoms with E-state index in [2.05, 4.69) is 57.3 Å². The number of carbonyl (C=O) groups excluding carboxylic acids is 1. The quantitative estimate of drug-likeness (QED) is 0.846. The second-order valence-electron chi connectivity index (χ2n) is 7.54. The van der Waals surface area contributed by atoms with E-state index in [9.17, 15) is 4.79 Å². The Bertz CT molecular complexity index is 521. The summed E-state index contributed by atoms with van der Waals surface area (Å²) >= 11 is 0. The molecule has 122 valence electrons. The summed E-state index contributed by atoms with van der Waals surface area (Å²) < 4.78 is 0. The zero-order valence-corrected chi connectivity index (χ0v) is 14.5. The minimum Gasteiger partial charge on any atom is -0.349 e. The minimum absolute atomic E-state index is 0.106. The van der Waals surface area contributed by atoms with E-state index in [4.69, 9.17) is 5.73 Å². The molecule has 22 heavy (non-hydrogen) atoms. The minimum atomic E-state index is -0.314. The van der Waals surface area contributed by atoms with E-state index in [0.29, 0.717) is 24.3 Å². The van der Waals surface area contributed by atoms with E-state index >= 15 is 0 Å². The van der Waals surface area contributed by atoms with Gasteiger partial charge in [0, 0.05) is 12.5 Å². The number of hydrogen-bond acceptors (Lipinski definition) is 2. The van der Waals surface area contributed by atoms with Gasteiger partial charge in [0.25, 0.3) is 0 Å². The first-order valence-corrected chi connectivity index (χ1v) is 8.40. The Kier molecular flexibility index (Phi) is 4.96. The van der Waals surface area contributed by atoms with Gasteiger partial charge >= 0.3 is 0 Å². The van der Waals surface area contributed by atoms with Crippen molar-refractivity contribution in [2.24, 2.45) is 17.6 Å². The second-order valence-corrected chi connectivity index (χ2v) is 7.54. The smallest absolute Gasteiger partial charge is 0.224 e. The van der Waals surface area contributed by atoms with Gasteiger partial charge in [-0.05, 0) is 42.2 Å². The van der Waals surface area contributed by atoms with Gasteiger partial charge in [-0.3, -0.25) is 4.79 Å². The molecule has 3 heteroatoms. The fourth-order valence-electron chi connectivity index (χ4n) is 2.79. The number of carbonyl (C=O) groups is 1. The molecule has 0 spiro atoms. The lowest BCUT2D eigenvalue weighted by molar-refractivity contribution is -0.124. The summed E-state index contributed by atoms with van der Waals surface area (Å²) in [5.74, 6) is 1.50. The summed E-state index contributed by atoms with van der Waals surface area (Å²) in [6.45, 7) is 11.1. The maximum Gasteiger partial charge on any atom is 0.224 e. The van der Waals surface area contributed by atoms with Crippen molar-refractivity contribution in [1.82, 2.24) is 5.32 Å². The molecule has 3 nitrogen and oxygen atoms in total. The third kappa shape index (κ3) is 3.52. The van der Waals surface area contributed by atoms with Crippen LogP contribution in [0.1, 0.15) is 64.0 Å². The number of amides is 1. The molecular formula is C19H30N2O. The fraction of sp³-hybridized carbons (Fsp3) is 0.632. The molecule has 1 fully saturated rings. The van der Waals surface area contributed by atoms with Crippen molar-refractivity contribution in [3.8, 4) is 0 Å². The van der Waals surface area contributed by atoms with Crippen LogP contribution in [0.5, 0.6) is 0 Å². The topological polar surface area (TPSA) is 55.1 Å². The Morgan fingerprint density at radius 1 is 1.27 bits per heavy atom. The van der Waals surface area contributed by atoms with Crippen molar-refractivity contribution >= 4 is 5.91 Å². The number of nitrogens with one attached hydrogen (secondary N) is 1. The number of rotatable bonds is 6. The van der Waals surface area contributed by atoms with Crippen molar-refractivity contribution in [2.75, 3.05) is 6.54 Å². The Labute approximate surface area is 134 Å². The highest BCUT2D eigenvalue weighted by molar-refractivity contribution is 5.83. The molecular weight excluding hydrogens is 272 g/mol. The van der Waals surface area contributed by atoms with E-state index in [-0.39, 0.29) is 17.4 Å². The molecule has 0 heterocycles. The highest BCUT2D eigenvalue weighted by Crippen LogP contribution is 2.48. The average molecular weight is 302 g/mol. The van der Waals surface area contributed by atoms with Crippen LogP contribution < -0.4 is 11.1 Å². The third-order valence-electron chi connectivity index (χ3n) is 5.27. The number of hydrogen-bond donors (Lipinski definition) is 2. The maximum absolute atomic E-state index is 12.5. The zero-order chi connectivity index (χ0) is 16.5. The average Bonchev–Trinajstić information content (AvgIpc) is 3.27. The predicted molar refractivity (Wildman–Crippen MR) is 91.8 cm³/mol. The normalized spacial score (nSPS) is 23.5. The molecule has 1 amide bonds. The SMILES string of the molecule is CC(C)c1ccc(C2CC2C(=O)NC(C)(CN)C(C)C)cc1. The Balaban J connectivity index is 1.98. The Morgan fingerprint density at radius 2 is 1.86 bits per heavy atom. The summed E-state index contributed by atoms with van der Waals surface area (Å²) in [5, 5.41) is 3.17. The van der Waals surface area contributed by atoms with E-state index < -0.39 is 0 Å². The van der Waals surface area contributed by atoms with Crippen LogP contribution in [0, 0.1) is 11.8 Å². The highest BCUT2D eigenvalue weighted by Gasteiger charge is 2.45. The molecule has 1 aromatic carbocycles. The van der Waals surface area contributed by atoms with Gasteiger partial charge in [-0.15, -0.1) is 0 Å². The molecule has 1 aromatic rings. The predicted octanol–water partition coefficient (Wildman–Crippen LogP) is 3.40. The molecule has 2 rings (SSSR count). The second kappa shape index (κ2) is 6.41. The van der Waals surface area contributed by atoms with E-state index in [1.165, 1.54) is 11.1 Å². The molecule has 0 bridgehead atoms. The lowest BCUT2D eigenvalue weighted by atomic mass is 9.88. The lowest BCUT2D eigenvalue weighted by Crippen LogP contribution is -2.55. The third-order valence-corrected chi connectivity index (χ3v) is 5.27. The largest absolute Gasteiger partial charge is 0.349 e. The van der Waals surface area contributed by atoms with Crippen molar-refractivity contribution < 1.29 is 4.79 Å². The first kappa shape index (κ1) is 17.0. The van der Waals surface area contributed by atoms with Crippen LogP contribution in [-0.4, -0.2) is 18.0 Å². The van der Waals surface area contributed by atoms with Gasteiger partial charge in [0.15, 0.2) is 0 Å². The van der Waals surface area contributed by atoms with E-state index in [1.807, 2.05) is 6.92 Å². The monoisotopic (exact) mass is 302 g/mol. The first-order chi connectivity index (χ1) is 10.3. The number of benzene rings is 1. The molecule has 0 radical (unpaired) electrons. The van der Waals surface area contributed by atoms with Gasteiger partial charge in [0.05, 0.1) is 5.54 Å². The van der Waals surface area contributed by atoms with Crippen molar-refractivity contribution in [3.05, 3.63) is 35.4 Å².